The highest BCUT2D eigenvalue weighted by Gasteiger charge is 2.35. The molecule has 0 aliphatic carbocycles. The lowest BCUT2D eigenvalue weighted by Gasteiger charge is -2.22. The number of nitrogens with zero attached hydrogens (tertiary/aromatic N) is 2. The number of furan rings is 2. The standard InChI is InChI=1S/C21H17ClN4O5/c22-12-7-14-19(31-11-20(27)24-14)9-13(12)23-10-21(28)26-16(18-4-2-6-30-18)8-15(25-26)17-3-1-5-29-17/h1-7,9,16,23H,8,10-11H2,(H,24,27). The number of fused-ring (bicyclic) bond motifs is 1. The molecule has 9 nitrogen and oxygen atoms in total. The first kappa shape index (κ1) is 19.3. The third-order valence-electron chi connectivity index (χ3n) is 4.98. The van der Waals surface area contributed by atoms with Crippen molar-refractivity contribution >= 4 is 40.5 Å². The molecule has 4 heterocycles. The molecule has 0 saturated heterocycles. The van der Waals surface area contributed by atoms with Gasteiger partial charge in [0.1, 0.15) is 29.0 Å². The van der Waals surface area contributed by atoms with Crippen molar-refractivity contribution in [3.63, 3.8) is 0 Å². The molecule has 31 heavy (non-hydrogen) atoms. The van der Waals surface area contributed by atoms with E-state index in [0.717, 1.165) is 0 Å². The van der Waals surface area contributed by atoms with Gasteiger partial charge in [0.25, 0.3) is 11.8 Å². The molecule has 0 fully saturated rings. The summed E-state index contributed by atoms with van der Waals surface area (Å²) in [4.78, 5) is 24.5. The van der Waals surface area contributed by atoms with Crippen LogP contribution in [0.2, 0.25) is 5.02 Å². The van der Waals surface area contributed by atoms with Crippen molar-refractivity contribution in [1.82, 2.24) is 5.01 Å². The van der Waals surface area contributed by atoms with Gasteiger partial charge in [-0.1, -0.05) is 11.6 Å². The number of hydrogen-bond donors (Lipinski definition) is 2. The van der Waals surface area contributed by atoms with E-state index in [1.807, 2.05) is 6.07 Å². The summed E-state index contributed by atoms with van der Waals surface area (Å²) in [7, 11) is 0. The summed E-state index contributed by atoms with van der Waals surface area (Å²) in [5, 5.41) is 11.9. The molecule has 158 valence electrons. The molecule has 1 atom stereocenters. The molecule has 2 aromatic heterocycles. The maximum atomic E-state index is 13.0. The maximum absolute atomic E-state index is 13.0. The van der Waals surface area contributed by atoms with Gasteiger partial charge >= 0.3 is 0 Å². The maximum Gasteiger partial charge on any atom is 0.262 e. The zero-order chi connectivity index (χ0) is 21.4. The van der Waals surface area contributed by atoms with E-state index in [0.29, 0.717) is 45.8 Å². The van der Waals surface area contributed by atoms with Gasteiger partial charge in [0.2, 0.25) is 0 Å². The smallest absolute Gasteiger partial charge is 0.262 e. The average Bonchev–Trinajstić information content (AvgIpc) is 3.52. The van der Waals surface area contributed by atoms with Crippen molar-refractivity contribution in [2.75, 3.05) is 23.8 Å². The molecule has 1 aromatic carbocycles. The minimum absolute atomic E-state index is 0.0585. The summed E-state index contributed by atoms with van der Waals surface area (Å²) in [6, 6.07) is 10.0. The first-order chi connectivity index (χ1) is 15.1. The van der Waals surface area contributed by atoms with Crippen molar-refractivity contribution in [2.24, 2.45) is 5.10 Å². The van der Waals surface area contributed by atoms with Gasteiger partial charge in [0.05, 0.1) is 35.5 Å². The molecule has 2 amide bonds. The number of amides is 2. The van der Waals surface area contributed by atoms with E-state index in [9.17, 15) is 9.59 Å². The molecule has 0 spiro atoms. The van der Waals surface area contributed by atoms with Gasteiger partial charge in [0.15, 0.2) is 6.61 Å². The lowest BCUT2D eigenvalue weighted by Crippen LogP contribution is -2.32. The Morgan fingerprint density at radius 2 is 2.10 bits per heavy atom. The molecule has 0 bridgehead atoms. The van der Waals surface area contributed by atoms with E-state index in [1.165, 1.54) is 5.01 Å². The van der Waals surface area contributed by atoms with Crippen LogP contribution in [0.25, 0.3) is 0 Å². The van der Waals surface area contributed by atoms with Crippen molar-refractivity contribution in [2.45, 2.75) is 12.5 Å². The van der Waals surface area contributed by atoms with Crippen LogP contribution in [0.3, 0.4) is 0 Å². The Morgan fingerprint density at radius 1 is 1.26 bits per heavy atom. The summed E-state index contributed by atoms with van der Waals surface area (Å²) in [6.07, 6.45) is 3.60. The lowest BCUT2D eigenvalue weighted by molar-refractivity contribution is -0.131. The lowest BCUT2D eigenvalue weighted by atomic mass is 10.1. The van der Waals surface area contributed by atoms with Crippen LogP contribution in [0, 0.1) is 0 Å². The normalized spacial score (nSPS) is 17.6. The van der Waals surface area contributed by atoms with Crippen LogP contribution in [0.4, 0.5) is 11.4 Å². The molecule has 10 heteroatoms. The number of halogens is 1. The van der Waals surface area contributed by atoms with E-state index in [-0.39, 0.29) is 31.0 Å². The van der Waals surface area contributed by atoms with Gasteiger partial charge in [-0.05, 0) is 30.3 Å². The summed E-state index contributed by atoms with van der Waals surface area (Å²) in [5.41, 5.74) is 1.66. The van der Waals surface area contributed by atoms with E-state index in [4.69, 9.17) is 25.2 Å². The number of benzene rings is 1. The van der Waals surface area contributed by atoms with Crippen molar-refractivity contribution in [3.8, 4) is 5.75 Å². The predicted octanol–water partition coefficient (Wildman–Crippen LogP) is 3.65. The van der Waals surface area contributed by atoms with Crippen LogP contribution >= 0.6 is 11.6 Å². The van der Waals surface area contributed by atoms with Gasteiger partial charge < -0.3 is 24.2 Å². The minimum atomic E-state index is -0.373. The minimum Gasteiger partial charge on any atom is -0.482 e. The molecule has 1 unspecified atom stereocenters. The van der Waals surface area contributed by atoms with Gasteiger partial charge in [-0.2, -0.15) is 5.10 Å². The Morgan fingerprint density at radius 3 is 2.87 bits per heavy atom. The number of anilines is 2. The van der Waals surface area contributed by atoms with Crippen molar-refractivity contribution in [3.05, 3.63) is 65.5 Å². The second-order valence-corrected chi connectivity index (χ2v) is 7.42. The van der Waals surface area contributed by atoms with Crippen LogP contribution in [-0.2, 0) is 9.59 Å². The highest BCUT2D eigenvalue weighted by molar-refractivity contribution is 6.33. The molecule has 0 radical (unpaired) electrons. The Hall–Kier alpha value is -3.72. The average molecular weight is 441 g/mol. The highest BCUT2D eigenvalue weighted by Crippen LogP contribution is 2.37. The summed E-state index contributed by atoms with van der Waals surface area (Å²) < 4.78 is 16.4. The predicted molar refractivity (Wildman–Crippen MR) is 112 cm³/mol. The van der Waals surface area contributed by atoms with Crippen LogP contribution in [0.1, 0.15) is 24.0 Å². The fourth-order valence-corrected chi connectivity index (χ4v) is 3.75. The topological polar surface area (TPSA) is 109 Å². The molecular formula is C21H17ClN4O5. The van der Waals surface area contributed by atoms with Crippen molar-refractivity contribution in [1.29, 1.82) is 0 Å². The van der Waals surface area contributed by atoms with Gasteiger partial charge in [0, 0.05) is 12.5 Å². The van der Waals surface area contributed by atoms with Crippen LogP contribution in [-0.4, -0.2) is 35.7 Å². The highest BCUT2D eigenvalue weighted by atomic mass is 35.5. The molecule has 2 aliphatic heterocycles. The first-order valence-corrected chi connectivity index (χ1v) is 9.93. The zero-order valence-corrected chi connectivity index (χ0v) is 16.9. The van der Waals surface area contributed by atoms with E-state index in [1.54, 1.807) is 42.9 Å². The fraction of sp³-hybridized carbons (Fsp3) is 0.190. The Balaban J connectivity index is 1.34. The molecule has 2 N–H and O–H groups in total. The number of hydrazone groups is 1. The molecule has 3 aromatic rings. The second-order valence-electron chi connectivity index (χ2n) is 7.02. The molecule has 0 saturated carbocycles. The monoisotopic (exact) mass is 440 g/mol. The van der Waals surface area contributed by atoms with Crippen LogP contribution in [0.15, 0.2) is 62.9 Å². The largest absolute Gasteiger partial charge is 0.482 e. The summed E-state index contributed by atoms with van der Waals surface area (Å²) >= 11 is 6.30. The third-order valence-corrected chi connectivity index (χ3v) is 5.29. The Kier molecular flexibility index (Phi) is 4.87. The number of hydrogen-bond acceptors (Lipinski definition) is 7. The van der Waals surface area contributed by atoms with Crippen LogP contribution < -0.4 is 15.4 Å². The van der Waals surface area contributed by atoms with E-state index < -0.39 is 0 Å². The summed E-state index contributed by atoms with van der Waals surface area (Å²) in [6.45, 7) is -0.132. The van der Waals surface area contributed by atoms with Crippen molar-refractivity contribution < 1.29 is 23.2 Å². The number of rotatable bonds is 5. The van der Waals surface area contributed by atoms with Gasteiger partial charge in [-0.25, -0.2) is 5.01 Å². The SMILES string of the molecule is O=C1COc2cc(NCC(=O)N3N=C(c4ccco4)CC3c3ccco3)c(Cl)cc2N1. The number of nitrogens with one attached hydrogen (secondary N) is 2. The molecular weight excluding hydrogens is 424 g/mol. The number of carbonyl (C=O) groups excluding carboxylic acids is 2. The van der Waals surface area contributed by atoms with Gasteiger partial charge in [-0.3, -0.25) is 9.59 Å². The summed E-state index contributed by atoms with van der Waals surface area (Å²) in [5.74, 6) is 1.20. The quantitative estimate of drug-likeness (QED) is 0.626. The number of carbonyl (C=O) groups is 2. The number of ether oxygens (including phenoxy) is 1. The Bertz CT molecular complexity index is 1160. The zero-order valence-electron chi connectivity index (χ0n) is 16.1. The molecule has 2 aliphatic rings. The Labute approximate surface area is 181 Å². The second kappa shape index (κ2) is 7.84. The van der Waals surface area contributed by atoms with E-state index >= 15 is 0 Å². The fourth-order valence-electron chi connectivity index (χ4n) is 3.52. The molecule has 5 rings (SSSR count). The van der Waals surface area contributed by atoms with Gasteiger partial charge in [-0.15, -0.1) is 0 Å². The third kappa shape index (κ3) is 3.75. The van der Waals surface area contributed by atoms with E-state index in [2.05, 4.69) is 15.7 Å². The first-order valence-electron chi connectivity index (χ1n) is 9.55. The van der Waals surface area contributed by atoms with Crippen LogP contribution in [0.5, 0.6) is 5.75 Å².